The summed E-state index contributed by atoms with van der Waals surface area (Å²) in [5.41, 5.74) is 2.06. The number of hydrogen-bond acceptors (Lipinski definition) is 4. The highest BCUT2D eigenvalue weighted by molar-refractivity contribution is 5.29. The molecule has 0 bridgehead atoms. The molecule has 1 aliphatic heterocycles. The Morgan fingerprint density at radius 2 is 1.96 bits per heavy atom. The molecule has 0 spiro atoms. The molecule has 28 heavy (non-hydrogen) atoms. The van der Waals surface area contributed by atoms with Gasteiger partial charge in [0.1, 0.15) is 11.6 Å². The Hall–Kier alpha value is -1.95. The topological polar surface area (TPSA) is 35.9 Å². The van der Waals surface area contributed by atoms with Gasteiger partial charge in [0.2, 0.25) is 0 Å². The molecular formula is C23H31FN2O2. The van der Waals surface area contributed by atoms with Crippen molar-refractivity contribution in [3.8, 4) is 5.75 Å². The number of ether oxygens (including phenoxy) is 1. The lowest BCUT2D eigenvalue weighted by Crippen LogP contribution is -2.53. The van der Waals surface area contributed by atoms with Crippen molar-refractivity contribution in [1.82, 2.24) is 9.80 Å². The molecule has 1 fully saturated rings. The SMILES string of the molecule is COc1ccc(CN2CCN(CCCc3ccccc3)C[C@H]2CCO)c(F)c1. The smallest absolute Gasteiger partial charge is 0.131 e. The number of aliphatic hydroxyl groups excluding tert-OH is 1. The lowest BCUT2D eigenvalue weighted by Gasteiger charge is -2.41. The van der Waals surface area contributed by atoms with E-state index in [9.17, 15) is 9.50 Å². The van der Waals surface area contributed by atoms with E-state index in [2.05, 4.69) is 34.1 Å². The van der Waals surface area contributed by atoms with E-state index in [1.54, 1.807) is 19.2 Å². The van der Waals surface area contributed by atoms with Crippen molar-refractivity contribution < 1.29 is 14.2 Å². The molecule has 1 aliphatic rings. The molecule has 4 nitrogen and oxygen atoms in total. The number of hydrogen-bond donors (Lipinski definition) is 1. The highest BCUT2D eigenvalue weighted by Crippen LogP contribution is 2.21. The summed E-state index contributed by atoms with van der Waals surface area (Å²) in [6.45, 7) is 4.58. The van der Waals surface area contributed by atoms with Crippen molar-refractivity contribution in [2.45, 2.75) is 31.8 Å². The Balaban J connectivity index is 1.53. The van der Waals surface area contributed by atoms with Gasteiger partial charge in [-0.25, -0.2) is 4.39 Å². The van der Waals surface area contributed by atoms with Crippen molar-refractivity contribution >= 4 is 0 Å². The monoisotopic (exact) mass is 386 g/mol. The third-order valence-electron chi connectivity index (χ3n) is 5.57. The van der Waals surface area contributed by atoms with Crippen molar-refractivity contribution in [2.75, 3.05) is 39.9 Å². The average molecular weight is 387 g/mol. The predicted octanol–water partition coefficient (Wildman–Crippen LogP) is 3.34. The third kappa shape index (κ3) is 5.77. The summed E-state index contributed by atoms with van der Waals surface area (Å²) in [7, 11) is 1.54. The van der Waals surface area contributed by atoms with Gasteiger partial charge in [0.25, 0.3) is 0 Å². The number of aryl methyl sites for hydroxylation is 1. The molecule has 2 aromatic carbocycles. The molecule has 0 amide bonds. The van der Waals surface area contributed by atoms with Gasteiger partial charge < -0.3 is 14.7 Å². The Morgan fingerprint density at radius 3 is 2.68 bits per heavy atom. The van der Waals surface area contributed by atoms with Crippen LogP contribution < -0.4 is 4.74 Å². The average Bonchev–Trinajstić information content (AvgIpc) is 2.72. The largest absolute Gasteiger partial charge is 0.497 e. The Labute approximate surface area is 167 Å². The van der Waals surface area contributed by atoms with E-state index in [1.165, 1.54) is 11.6 Å². The molecule has 152 valence electrons. The lowest BCUT2D eigenvalue weighted by atomic mass is 10.1. The van der Waals surface area contributed by atoms with E-state index in [0.29, 0.717) is 24.3 Å². The Morgan fingerprint density at radius 1 is 1.14 bits per heavy atom. The van der Waals surface area contributed by atoms with Crippen molar-refractivity contribution in [3.05, 3.63) is 65.5 Å². The molecule has 1 saturated heterocycles. The highest BCUT2D eigenvalue weighted by atomic mass is 19.1. The number of piperazine rings is 1. The minimum absolute atomic E-state index is 0.157. The summed E-state index contributed by atoms with van der Waals surface area (Å²) in [5.74, 6) is 0.309. The summed E-state index contributed by atoms with van der Waals surface area (Å²) in [4.78, 5) is 4.78. The van der Waals surface area contributed by atoms with Crippen LogP contribution in [0, 0.1) is 5.82 Å². The maximum absolute atomic E-state index is 14.3. The van der Waals surface area contributed by atoms with Gasteiger partial charge in [-0.15, -0.1) is 0 Å². The molecular weight excluding hydrogens is 355 g/mol. The molecule has 3 rings (SSSR count). The Bertz CT molecular complexity index is 726. The molecule has 0 unspecified atom stereocenters. The second-order valence-electron chi connectivity index (χ2n) is 7.48. The second kappa shape index (κ2) is 10.6. The van der Waals surface area contributed by atoms with Crippen LogP contribution in [0.5, 0.6) is 5.75 Å². The molecule has 1 atom stereocenters. The minimum Gasteiger partial charge on any atom is -0.497 e. The van der Waals surface area contributed by atoms with Crippen LogP contribution in [0.2, 0.25) is 0 Å². The van der Waals surface area contributed by atoms with Gasteiger partial charge in [-0.2, -0.15) is 0 Å². The fourth-order valence-corrected chi connectivity index (χ4v) is 3.94. The molecule has 2 aromatic rings. The predicted molar refractivity (Wildman–Crippen MR) is 110 cm³/mol. The first-order valence-electron chi connectivity index (χ1n) is 10.1. The number of rotatable bonds is 9. The van der Waals surface area contributed by atoms with Gasteiger partial charge >= 0.3 is 0 Å². The maximum atomic E-state index is 14.3. The molecule has 5 heteroatoms. The number of nitrogens with zero attached hydrogens (tertiary/aromatic N) is 2. The normalized spacial score (nSPS) is 18.3. The zero-order valence-electron chi connectivity index (χ0n) is 16.7. The minimum atomic E-state index is -0.229. The molecule has 1 heterocycles. The zero-order chi connectivity index (χ0) is 19.8. The number of aliphatic hydroxyl groups is 1. The summed E-state index contributed by atoms with van der Waals surface area (Å²) in [6, 6.07) is 15.9. The molecule has 0 radical (unpaired) electrons. The zero-order valence-corrected chi connectivity index (χ0v) is 16.7. The quantitative estimate of drug-likeness (QED) is 0.717. The number of benzene rings is 2. The fourth-order valence-electron chi connectivity index (χ4n) is 3.94. The summed E-state index contributed by atoms with van der Waals surface area (Å²) >= 11 is 0. The van der Waals surface area contributed by atoms with Crippen LogP contribution in [0.15, 0.2) is 48.5 Å². The fraction of sp³-hybridized carbons (Fsp3) is 0.478. The first kappa shape index (κ1) is 20.8. The number of halogens is 1. The van der Waals surface area contributed by atoms with Gasteiger partial charge in [0.15, 0.2) is 0 Å². The van der Waals surface area contributed by atoms with E-state index in [-0.39, 0.29) is 18.5 Å². The van der Waals surface area contributed by atoms with E-state index in [4.69, 9.17) is 4.74 Å². The van der Waals surface area contributed by atoms with Crippen molar-refractivity contribution in [2.24, 2.45) is 0 Å². The second-order valence-corrected chi connectivity index (χ2v) is 7.48. The highest BCUT2D eigenvalue weighted by Gasteiger charge is 2.27. The van der Waals surface area contributed by atoms with E-state index >= 15 is 0 Å². The molecule has 0 aromatic heterocycles. The van der Waals surface area contributed by atoms with Crippen LogP contribution in [0.3, 0.4) is 0 Å². The molecule has 0 saturated carbocycles. The van der Waals surface area contributed by atoms with Gasteiger partial charge in [-0.05, 0) is 37.4 Å². The van der Waals surface area contributed by atoms with Crippen LogP contribution in [0.4, 0.5) is 4.39 Å². The molecule has 0 aliphatic carbocycles. The Kier molecular flexibility index (Phi) is 7.83. The summed E-state index contributed by atoms with van der Waals surface area (Å²) < 4.78 is 19.4. The summed E-state index contributed by atoms with van der Waals surface area (Å²) in [5, 5.41) is 9.50. The maximum Gasteiger partial charge on any atom is 0.131 e. The first-order chi connectivity index (χ1) is 13.7. The van der Waals surface area contributed by atoms with Gasteiger partial charge in [0.05, 0.1) is 7.11 Å². The first-order valence-corrected chi connectivity index (χ1v) is 10.1. The van der Waals surface area contributed by atoms with E-state index in [1.807, 2.05) is 6.07 Å². The van der Waals surface area contributed by atoms with Gasteiger partial charge in [-0.1, -0.05) is 36.4 Å². The molecule has 1 N–H and O–H groups in total. The van der Waals surface area contributed by atoms with Crippen LogP contribution in [0.25, 0.3) is 0 Å². The van der Waals surface area contributed by atoms with Crippen LogP contribution in [-0.2, 0) is 13.0 Å². The van der Waals surface area contributed by atoms with E-state index in [0.717, 1.165) is 39.0 Å². The van der Waals surface area contributed by atoms with E-state index < -0.39 is 0 Å². The van der Waals surface area contributed by atoms with Crippen LogP contribution in [0.1, 0.15) is 24.0 Å². The number of methoxy groups -OCH3 is 1. The summed E-state index contributed by atoms with van der Waals surface area (Å²) in [6.07, 6.45) is 2.93. The standard InChI is InChI=1S/C23H31FN2O2/c1-28-22-10-9-20(23(24)16-22)17-26-14-13-25(18-21(26)11-15-27)12-5-8-19-6-3-2-4-7-19/h2-4,6-7,9-10,16,21,27H,5,8,11-15,17-18H2,1H3/t21-/m1/s1. The van der Waals surface area contributed by atoms with Gasteiger partial charge in [0, 0.05) is 50.5 Å². The van der Waals surface area contributed by atoms with Crippen LogP contribution >= 0.6 is 0 Å². The van der Waals surface area contributed by atoms with Gasteiger partial charge in [-0.3, -0.25) is 4.90 Å². The van der Waals surface area contributed by atoms with Crippen molar-refractivity contribution in [3.63, 3.8) is 0 Å². The van der Waals surface area contributed by atoms with Crippen LogP contribution in [-0.4, -0.2) is 60.8 Å². The van der Waals surface area contributed by atoms with Crippen molar-refractivity contribution in [1.29, 1.82) is 0 Å². The third-order valence-corrected chi connectivity index (χ3v) is 5.57. The lowest BCUT2D eigenvalue weighted by molar-refractivity contribution is 0.0526.